The molecule has 0 aromatic carbocycles. The monoisotopic (exact) mass is 633 g/mol. The van der Waals surface area contributed by atoms with Gasteiger partial charge in [-0.25, -0.2) is 4.58 Å². The van der Waals surface area contributed by atoms with E-state index in [1.165, 1.54) is 198 Å². The van der Waals surface area contributed by atoms with Crippen LogP contribution in [0.5, 0.6) is 0 Å². The van der Waals surface area contributed by atoms with Gasteiger partial charge in [-0.2, -0.15) is 0 Å². The van der Waals surface area contributed by atoms with Crippen LogP contribution in [-0.2, 0) is 4.79 Å². The summed E-state index contributed by atoms with van der Waals surface area (Å²) in [5.74, 6) is 1.58. The van der Waals surface area contributed by atoms with Crippen molar-refractivity contribution < 1.29 is 9.37 Å². The number of nitrogens with one attached hydrogen (secondary N) is 2. The van der Waals surface area contributed by atoms with E-state index in [-0.39, 0.29) is 12.1 Å². The maximum absolute atomic E-state index is 12.6. The Morgan fingerprint density at radius 2 is 0.867 bits per heavy atom. The number of amidine groups is 1. The molecule has 1 heterocycles. The van der Waals surface area contributed by atoms with E-state index in [1.807, 2.05) is 0 Å². The first-order valence-corrected chi connectivity index (χ1v) is 20.9. The summed E-state index contributed by atoms with van der Waals surface area (Å²) in [4.78, 5) is 12.6. The molecule has 4 nitrogen and oxygen atoms in total. The van der Waals surface area contributed by atoms with Crippen LogP contribution in [0.1, 0.15) is 233 Å². The molecule has 1 unspecified atom stereocenters. The minimum Gasteiger partial charge on any atom is -0.314 e. The summed E-state index contributed by atoms with van der Waals surface area (Å²) in [6, 6.07) is 0. The predicted octanol–water partition coefficient (Wildman–Crippen LogP) is 12.4. The van der Waals surface area contributed by atoms with E-state index in [4.69, 9.17) is 0 Å². The smallest absolute Gasteiger partial charge is 0.246 e. The maximum atomic E-state index is 12.6. The van der Waals surface area contributed by atoms with Crippen molar-refractivity contribution in [3.05, 3.63) is 0 Å². The highest BCUT2D eigenvalue weighted by atomic mass is 16.1. The van der Waals surface area contributed by atoms with Crippen LogP contribution in [0.4, 0.5) is 0 Å². The molecule has 1 aliphatic heterocycles. The van der Waals surface area contributed by atoms with Crippen molar-refractivity contribution in [2.45, 2.75) is 239 Å². The van der Waals surface area contributed by atoms with Gasteiger partial charge in [-0.3, -0.25) is 10.1 Å². The van der Waals surface area contributed by atoms with Gasteiger partial charge in [0.2, 0.25) is 17.9 Å². The fraction of sp³-hybridized carbons (Fsp3) is 0.951. The van der Waals surface area contributed by atoms with Crippen molar-refractivity contribution in [3.8, 4) is 0 Å². The summed E-state index contributed by atoms with van der Waals surface area (Å²) in [7, 11) is 0. The van der Waals surface area contributed by atoms with Gasteiger partial charge in [-0.15, -0.1) is 0 Å². The van der Waals surface area contributed by atoms with E-state index in [0.29, 0.717) is 6.42 Å². The van der Waals surface area contributed by atoms with Gasteiger partial charge in [-0.05, 0) is 19.8 Å². The minimum absolute atomic E-state index is 0.134. The number of nitrogens with zero attached hydrogens (tertiary/aromatic N) is 1. The lowest BCUT2D eigenvalue weighted by Gasteiger charge is -2.13. The fourth-order valence-electron chi connectivity index (χ4n) is 7.14. The van der Waals surface area contributed by atoms with Crippen LogP contribution < -0.4 is 10.6 Å². The first-order chi connectivity index (χ1) is 22.2. The Labute approximate surface area is 283 Å². The van der Waals surface area contributed by atoms with Crippen LogP contribution in [0.25, 0.3) is 0 Å². The highest BCUT2D eigenvalue weighted by Gasteiger charge is 2.30. The van der Waals surface area contributed by atoms with Crippen molar-refractivity contribution in [1.29, 1.82) is 0 Å². The first kappa shape index (κ1) is 42.0. The Hall–Kier alpha value is -1.06. The Balaban J connectivity index is 1.95. The highest BCUT2D eigenvalue weighted by Crippen LogP contribution is 2.16. The maximum Gasteiger partial charge on any atom is 0.246 e. The molecule has 266 valence electrons. The number of likely N-dealkylation sites (N-methyl/N-ethyl adjacent to an activating group) is 1. The second kappa shape index (κ2) is 32.9. The molecule has 0 radical (unpaired) electrons. The average molecular weight is 633 g/mol. The number of carbonyl (C=O) groups excluding carboxylic acids is 1. The molecule has 0 aromatic rings. The van der Waals surface area contributed by atoms with E-state index in [1.54, 1.807) is 0 Å². The van der Waals surface area contributed by atoms with E-state index in [9.17, 15) is 4.79 Å². The lowest BCUT2D eigenvalue weighted by molar-refractivity contribution is -0.557. The Morgan fingerprint density at radius 1 is 0.533 bits per heavy atom. The first-order valence-electron chi connectivity index (χ1n) is 20.9. The van der Waals surface area contributed by atoms with Crippen LogP contribution in [0.15, 0.2) is 0 Å². The van der Waals surface area contributed by atoms with Gasteiger partial charge in [0, 0.05) is 12.8 Å². The van der Waals surface area contributed by atoms with Gasteiger partial charge in [0.05, 0.1) is 6.54 Å². The number of amides is 1. The molecule has 2 N–H and O–H groups in total. The largest absolute Gasteiger partial charge is 0.314 e. The number of hydrogen-bond acceptors (Lipinski definition) is 2. The standard InChI is InChI=1S/C41H81N3O/c1-4-7-9-11-13-15-17-19-21-23-24-26-28-30-32-34-36-39-42-38-40(44(39)6-3)43-41(45)37-35-33-31-29-27-25-22-20-18-16-14-12-10-8-5-2/h40H,4-38H2,1-3H3,(H,43,45)/p+1. The number of hydrogen-bond donors (Lipinski definition) is 2. The SMILES string of the molecule is CCCCCCCCCCCCCCCCCCC1=[N+](CC)C(NC(=O)CCCCCCCCCCCCCCCCC)CN1. The third-order valence-electron chi connectivity index (χ3n) is 10.2. The highest BCUT2D eigenvalue weighted by molar-refractivity contribution is 5.80. The van der Waals surface area contributed by atoms with Crippen molar-refractivity contribution >= 4 is 11.7 Å². The Morgan fingerprint density at radius 3 is 1.22 bits per heavy atom. The quantitative estimate of drug-likeness (QED) is 0.0539. The van der Waals surface area contributed by atoms with Crippen LogP contribution in [0, 0.1) is 0 Å². The van der Waals surface area contributed by atoms with Gasteiger partial charge >= 0.3 is 0 Å². The Kier molecular flexibility index (Phi) is 30.6. The zero-order valence-electron chi connectivity index (χ0n) is 31.2. The summed E-state index contributed by atoms with van der Waals surface area (Å²) in [6.07, 6.45) is 45.0. The van der Waals surface area contributed by atoms with Gasteiger partial charge in [0.15, 0.2) is 0 Å². The van der Waals surface area contributed by atoms with Crippen molar-refractivity contribution in [2.24, 2.45) is 0 Å². The van der Waals surface area contributed by atoms with E-state index < -0.39 is 0 Å². The lowest BCUT2D eigenvalue weighted by atomic mass is 10.0. The summed E-state index contributed by atoms with van der Waals surface area (Å²) in [5.41, 5.74) is 0. The fourth-order valence-corrected chi connectivity index (χ4v) is 7.14. The minimum atomic E-state index is 0.134. The number of unbranched alkanes of at least 4 members (excludes halogenated alkanes) is 29. The molecule has 0 saturated heterocycles. The molecule has 0 aliphatic carbocycles. The molecule has 0 fully saturated rings. The topological polar surface area (TPSA) is 44.1 Å². The molecule has 4 heteroatoms. The van der Waals surface area contributed by atoms with Crippen molar-refractivity contribution in [2.75, 3.05) is 13.1 Å². The molecule has 1 amide bonds. The molecule has 0 bridgehead atoms. The third kappa shape index (κ3) is 25.7. The van der Waals surface area contributed by atoms with Crippen molar-refractivity contribution in [3.63, 3.8) is 0 Å². The molecule has 1 rings (SSSR count). The summed E-state index contributed by atoms with van der Waals surface area (Å²) in [6.45, 7) is 8.63. The predicted molar refractivity (Wildman–Crippen MR) is 199 cm³/mol. The third-order valence-corrected chi connectivity index (χ3v) is 10.2. The van der Waals surface area contributed by atoms with Gasteiger partial charge in [0.25, 0.3) is 0 Å². The van der Waals surface area contributed by atoms with Crippen LogP contribution in [0.2, 0.25) is 0 Å². The lowest BCUT2D eigenvalue weighted by Crippen LogP contribution is -2.43. The molecule has 1 atom stereocenters. The van der Waals surface area contributed by atoms with Gasteiger partial charge in [0.1, 0.15) is 6.54 Å². The zero-order valence-corrected chi connectivity index (χ0v) is 31.2. The summed E-state index contributed by atoms with van der Waals surface area (Å²) < 4.78 is 2.40. The van der Waals surface area contributed by atoms with E-state index in [0.717, 1.165) is 25.9 Å². The second-order valence-electron chi connectivity index (χ2n) is 14.4. The molecule has 1 aliphatic rings. The van der Waals surface area contributed by atoms with E-state index in [2.05, 4.69) is 36.0 Å². The normalized spacial score (nSPS) is 14.8. The number of carbonyl (C=O) groups is 1. The van der Waals surface area contributed by atoms with E-state index >= 15 is 0 Å². The zero-order chi connectivity index (χ0) is 32.5. The second-order valence-corrected chi connectivity index (χ2v) is 14.4. The van der Waals surface area contributed by atoms with Crippen LogP contribution in [0.3, 0.4) is 0 Å². The molecule has 45 heavy (non-hydrogen) atoms. The molecular weight excluding hydrogens is 550 g/mol. The van der Waals surface area contributed by atoms with Crippen molar-refractivity contribution in [1.82, 2.24) is 10.6 Å². The van der Waals surface area contributed by atoms with Gasteiger partial charge in [-0.1, -0.05) is 200 Å². The number of rotatable bonds is 35. The average Bonchev–Trinajstić information content (AvgIpc) is 3.43. The molecule has 0 saturated carbocycles. The molecular formula is C41H82N3O+. The summed E-state index contributed by atoms with van der Waals surface area (Å²) in [5, 5.41) is 6.93. The van der Waals surface area contributed by atoms with Crippen LogP contribution in [-0.4, -0.2) is 35.6 Å². The Bertz CT molecular complexity index is 676. The molecule has 0 spiro atoms. The van der Waals surface area contributed by atoms with Gasteiger partial charge < -0.3 is 5.32 Å². The molecule has 0 aromatic heterocycles. The van der Waals surface area contributed by atoms with Crippen LogP contribution >= 0.6 is 0 Å². The summed E-state index contributed by atoms with van der Waals surface area (Å²) >= 11 is 0.